The highest BCUT2D eigenvalue weighted by Gasteiger charge is 2.14. The van der Waals surface area contributed by atoms with Gasteiger partial charge in [0.25, 0.3) is 5.91 Å². The number of hydrogen-bond donors (Lipinski definition) is 2. The summed E-state index contributed by atoms with van der Waals surface area (Å²) in [5.74, 6) is -0.828. The summed E-state index contributed by atoms with van der Waals surface area (Å²) in [4.78, 5) is 22.8. The Bertz CT molecular complexity index is 789. The van der Waals surface area contributed by atoms with E-state index in [0.717, 1.165) is 37.4 Å². The van der Waals surface area contributed by atoms with Crippen molar-refractivity contribution in [3.8, 4) is 11.1 Å². The summed E-state index contributed by atoms with van der Waals surface area (Å²) < 4.78 is 13.7. The summed E-state index contributed by atoms with van der Waals surface area (Å²) >= 11 is 0. The maximum absolute atomic E-state index is 13.7. The summed E-state index contributed by atoms with van der Waals surface area (Å²) in [6, 6.07) is 4.31. The second kappa shape index (κ2) is 8.23. The molecule has 7 heteroatoms. The molecule has 138 valence electrons. The minimum Gasteiger partial charge on any atom is -0.366 e. The van der Waals surface area contributed by atoms with Crippen molar-refractivity contribution in [2.24, 2.45) is 5.73 Å². The Hall–Kier alpha value is -2.54. The number of halogens is 1. The molecule has 0 bridgehead atoms. The maximum atomic E-state index is 13.7. The number of nitrogens with zero attached hydrogens (tertiary/aromatic N) is 3. The minimum absolute atomic E-state index is 0.127. The van der Waals surface area contributed by atoms with Gasteiger partial charge in [-0.05, 0) is 50.0 Å². The number of nitrogens with two attached hydrogens (primary N) is 1. The van der Waals surface area contributed by atoms with Crippen LogP contribution < -0.4 is 11.1 Å². The number of benzene rings is 1. The molecule has 0 atom stereocenters. The highest BCUT2D eigenvalue weighted by atomic mass is 19.1. The van der Waals surface area contributed by atoms with Crippen LogP contribution >= 0.6 is 0 Å². The summed E-state index contributed by atoms with van der Waals surface area (Å²) in [7, 11) is 0. The fourth-order valence-corrected chi connectivity index (χ4v) is 3.23. The lowest BCUT2D eigenvalue weighted by Gasteiger charge is -2.15. The zero-order valence-electron chi connectivity index (χ0n) is 15.0. The topological polar surface area (TPSA) is 84.1 Å². The molecule has 0 spiro atoms. The zero-order valence-corrected chi connectivity index (χ0v) is 15.0. The monoisotopic (exact) mass is 357 g/mol. The van der Waals surface area contributed by atoms with Gasteiger partial charge in [-0.15, -0.1) is 0 Å². The third-order valence-electron chi connectivity index (χ3n) is 4.66. The molecule has 3 rings (SSSR count). The Morgan fingerprint density at radius 1 is 1.35 bits per heavy atom. The van der Waals surface area contributed by atoms with Crippen LogP contribution in [0, 0.1) is 5.82 Å². The minimum atomic E-state index is -0.788. The van der Waals surface area contributed by atoms with E-state index in [2.05, 4.69) is 20.2 Å². The molecule has 2 heterocycles. The van der Waals surface area contributed by atoms with E-state index >= 15 is 0 Å². The van der Waals surface area contributed by atoms with E-state index in [4.69, 9.17) is 5.73 Å². The van der Waals surface area contributed by atoms with Gasteiger partial charge in [0.2, 0.25) is 5.95 Å². The number of nitrogens with one attached hydrogen (secondary N) is 1. The normalized spacial score (nSPS) is 14.5. The lowest BCUT2D eigenvalue weighted by molar-refractivity contribution is 0.0996. The van der Waals surface area contributed by atoms with E-state index in [1.165, 1.54) is 25.0 Å². The van der Waals surface area contributed by atoms with Crippen molar-refractivity contribution in [1.82, 2.24) is 14.9 Å². The second-order valence-corrected chi connectivity index (χ2v) is 6.44. The molecule has 1 aliphatic heterocycles. The van der Waals surface area contributed by atoms with Crippen LogP contribution in [-0.2, 0) is 6.42 Å². The van der Waals surface area contributed by atoms with Crippen molar-refractivity contribution < 1.29 is 9.18 Å². The highest BCUT2D eigenvalue weighted by Crippen LogP contribution is 2.25. The fraction of sp³-hybridized carbons (Fsp3) is 0.421. The fourth-order valence-electron chi connectivity index (χ4n) is 3.23. The first-order chi connectivity index (χ1) is 12.6. The van der Waals surface area contributed by atoms with Gasteiger partial charge in [-0.1, -0.05) is 13.0 Å². The predicted octanol–water partition coefficient (Wildman–Crippen LogP) is 2.45. The van der Waals surface area contributed by atoms with Gasteiger partial charge in [0.1, 0.15) is 5.82 Å². The van der Waals surface area contributed by atoms with Crippen LogP contribution in [0.4, 0.5) is 10.3 Å². The number of carbonyl (C=O) groups is 1. The van der Waals surface area contributed by atoms with Crippen molar-refractivity contribution in [2.45, 2.75) is 26.2 Å². The molecule has 0 radical (unpaired) electrons. The van der Waals surface area contributed by atoms with Crippen LogP contribution in [0.15, 0.2) is 24.4 Å². The Morgan fingerprint density at radius 3 is 2.81 bits per heavy atom. The third-order valence-corrected chi connectivity index (χ3v) is 4.66. The van der Waals surface area contributed by atoms with Gasteiger partial charge in [-0.25, -0.2) is 14.4 Å². The molecule has 6 nitrogen and oxygen atoms in total. The van der Waals surface area contributed by atoms with E-state index in [0.29, 0.717) is 17.9 Å². The largest absolute Gasteiger partial charge is 0.366 e. The summed E-state index contributed by atoms with van der Waals surface area (Å²) in [5, 5.41) is 3.27. The second-order valence-electron chi connectivity index (χ2n) is 6.44. The van der Waals surface area contributed by atoms with Crippen molar-refractivity contribution in [2.75, 3.05) is 31.5 Å². The van der Waals surface area contributed by atoms with Crippen LogP contribution in [0.3, 0.4) is 0 Å². The van der Waals surface area contributed by atoms with Gasteiger partial charge in [0, 0.05) is 24.8 Å². The molecular weight excluding hydrogens is 333 g/mol. The molecule has 0 aliphatic carbocycles. The molecule has 2 aromatic rings. The van der Waals surface area contributed by atoms with E-state index in [9.17, 15) is 9.18 Å². The first kappa shape index (κ1) is 18.3. The summed E-state index contributed by atoms with van der Waals surface area (Å²) in [6.07, 6.45) is 4.95. The lowest BCUT2D eigenvalue weighted by Crippen LogP contribution is -2.26. The smallest absolute Gasteiger partial charge is 0.251 e. The van der Waals surface area contributed by atoms with Crippen LogP contribution in [0.25, 0.3) is 11.1 Å². The first-order valence-corrected chi connectivity index (χ1v) is 9.00. The standard InChI is InChI=1S/C19H24FN5O/c1-2-17-15(13-5-6-16(20)14(11-13)18(21)26)12-23-19(24-17)22-7-10-25-8-3-4-9-25/h5-6,11-12H,2-4,7-10H2,1H3,(H2,21,26)(H,22,23,24). The molecular formula is C19H24FN5O. The lowest BCUT2D eigenvalue weighted by atomic mass is 10.0. The van der Waals surface area contributed by atoms with Gasteiger partial charge >= 0.3 is 0 Å². The van der Waals surface area contributed by atoms with Gasteiger partial charge < -0.3 is 16.0 Å². The van der Waals surface area contributed by atoms with E-state index in [1.54, 1.807) is 12.3 Å². The molecule has 0 unspecified atom stereocenters. The van der Waals surface area contributed by atoms with Crippen molar-refractivity contribution in [3.63, 3.8) is 0 Å². The van der Waals surface area contributed by atoms with Gasteiger partial charge in [0.15, 0.2) is 0 Å². The number of rotatable bonds is 7. The molecule has 0 saturated carbocycles. The van der Waals surface area contributed by atoms with Crippen LogP contribution in [0.5, 0.6) is 0 Å². The van der Waals surface area contributed by atoms with Crippen LogP contribution in [-0.4, -0.2) is 47.0 Å². The third kappa shape index (κ3) is 4.16. The van der Waals surface area contributed by atoms with Gasteiger partial charge in [0.05, 0.1) is 11.3 Å². The van der Waals surface area contributed by atoms with Crippen molar-refractivity contribution in [1.29, 1.82) is 0 Å². The zero-order chi connectivity index (χ0) is 18.5. The average molecular weight is 357 g/mol. The number of anilines is 1. The SMILES string of the molecule is CCc1nc(NCCN2CCCC2)ncc1-c1ccc(F)c(C(N)=O)c1. The molecule has 26 heavy (non-hydrogen) atoms. The Labute approximate surface area is 152 Å². The number of aryl methyl sites for hydroxylation is 1. The number of carbonyl (C=O) groups excluding carboxylic acids is 1. The molecule has 1 saturated heterocycles. The Morgan fingerprint density at radius 2 is 2.12 bits per heavy atom. The molecule has 1 fully saturated rings. The molecule has 1 amide bonds. The molecule has 3 N–H and O–H groups in total. The molecule has 1 aromatic heterocycles. The average Bonchev–Trinajstić information content (AvgIpc) is 3.15. The summed E-state index contributed by atoms with van der Waals surface area (Å²) in [6.45, 7) is 6.10. The van der Waals surface area contributed by atoms with Crippen LogP contribution in [0.2, 0.25) is 0 Å². The predicted molar refractivity (Wildman–Crippen MR) is 99.5 cm³/mol. The quantitative estimate of drug-likeness (QED) is 0.795. The van der Waals surface area contributed by atoms with Crippen molar-refractivity contribution in [3.05, 3.63) is 41.5 Å². The van der Waals surface area contributed by atoms with Crippen molar-refractivity contribution >= 4 is 11.9 Å². The molecule has 1 aliphatic rings. The van der Waals surface area contributed by atoms with E-state index < -0.39 is 11.7 Å². The first-order valence-electron chi connectivity index (χ1n) is 9.00. The number of primary amides is 1. The Balaban J connectivity index is 1.76. The summed E-state index contributed by atoms with van der Waals surface area (Å²) in [5.41, 5.74) is 7.41. The number of likely N-dealkylation sites (tertiary alicyclic amines) is 1. The maximum Gasteiger partial charge on any atom is 0.251 e. The number of amides is 1. The van der Waals surface area contributed by atoms with Gasteiger partial charge in [-0.2, -0.15) is 0 Å². The van der Waals surface area contributed by atoms with E-state index in [-0.39, 0.29) is 5.56 Å². The van der Waals surface area contributed by atoms with E-state index in [1.807, 2.05) is 6.92 Å². The number of aromatic nitrogens is 2. The van der Waals surface area contributed by atoms with Crippen LogP contribution in [0.1, 0.15) is 35.8 Å². The highest BCUT2D eigenvalue weighted by molar-refractivity contribution is 5.94. The Kier molecular flexibility index (Phi) is 5.78. The van der Waals surface area contributed by atoms with Gasteiger partial charge in [-0.3, -0.25) is 4.79 Å². The molecule has 1 aromatic carbocycles. The number of hydrogen-bond acceptors (Lipinski definition) is 5.